The summed E-state index contributed by atoms with van der Waals surface area (Å²) in [6, 6.07) is 6.77. The summed E-state index contributed by atoms with van der Waals surface area (Å²) < 4.78 is 31.7. The summed E-state index contributed by atoms with van der Waals surface area (Å²) in [5.74, 6) is -3.58. The molecule has 0 aromatic heterocycles. The van der Waals surface area contributed by atoms with E-state index in [-0.39, 0.29) is 6.61 Å². The van der Waals surface area contributed by atoms with Gasteiger partial charge < -0.3 is 9.64 Å². The molecule has 3 rings (SSSR count). The number of carbonyl (C=O) groups excluding carboxylic acids is 2. The molecule has 1 spiro atoms. The molecule has 4 nitrogen and oxygen atoms in total. The number of halogens is 2. The molecule has 2 aliphatic rings. The SMILES string of the molecule is CCOC(=O)[C@H]1[C@H](C(F)F)[C@]12C(=O)N(C)c1ccccc12. The summed E-state index contributed by atoms with van der Waals surface area (Å²) in [6.07, 6.45) is -2.75. The molecule has 1 aliphatic carbocycles. The molecule has 21 heavy (non-hydrogen) atoms. The van der Waals surface area contributed by atoms with Crippen LogP contribution in [-0.2, 0) is 19.7 Å². The summed E-state index contributed by atoms with van der Waals surface area (Å²) in [5, 5.41) is 0. The number of hydrogen-bond acceptors (Lipinski definition) is 3. The quantitative estimate of drug-likeness (QED) is 0.801. The predicted octanol–water partition coefficient (Wildman–Crippen LogP) is 1.97. The molecule has 0 radical (unpaired) electrons. The highest BCUT2D eigenvalue weighted by Gasteiger charge is 2.80. The maximum Gasteiger partial charge on any atom is 0.310 e. The second-order valence-electron chi connectivity index (χ2n) is 5.34. The van der Waals surface area contributed by atoms with Crippen molar-refractivity contribution < 1.29 is 23.1 Å². The van der Waals surface area contributed by atoms with Gasteiger partial charge in [0, 0.05) is 12.7 Å². The average Bonchev–Trinajstić information content (AvgIpc) is 3.12. The Bertz CT molecular complexity index is 619. The Morgan fingerprint density at radius 3 is 2.71 bits per heavy atom. The van der Waals surface area contributed by atoms with Crippen molar-refractivity contribution in [2.75, 3.05) is 18.6 Å². The Morgan fingerprint density at radius 2 is 2.10 bits per heavy atom. The number of fused-ring (bicyclic) bond motifs is 2. The van der Waals surface area contributed by atoms with Gasteiger partial charge in [-0.3, -0.25) is 9.59 Å². The monoisotopic (exact) mass is 295 g/mol. The third-order valence-electron chi connectivity index (χ3n) is 4.45. The molecule has 1 aromatic rings. The first-order valence-corrected chi connectivity index (χ1v) is 6.80. The maximum absolute atomic E-state index is 13.4. The van der Waals surface area contributed by atoms with Gasteiger partial charge in [-0.25, -0.2) is 8.78 Å². The van der Waals surface area contributed by atoms with E-state index in [1.807, 2.05) is 0 Å². The molecule has 1 saturated carbocycles. The average molecular weight is 295 g/mol. The lowest BCUT2D eigenvalue weighted by molar-refractivity contribution is -0.146. The van der Waals surface area contributed by atoms with Gasteiger partial charge in [-0.2, -0.15) is 0 Å². The van der Waals surface area contributed by atoms with Crippen molar-refractivity contribution in [3.63, 3.8) is 0 Å². The molecule has 6 heteroatoms. The second kappa shape index (κ2) is 4.51. The third kappa shape index (κ3) is 1.58. The number of para-hydroxylation sites is 1. The Hall–Kier alpha value is -1.98. The van der Waals surface area contributed by atoms with Crippen molar-refractivity contribution in [1.82, 2.24) is 0 Å². The van der Waals surface area contributed by atoms with Crippen molar-refractivity contribution in [1.29, 1.82) is 0 Å². The summed E-state index contributed by atoms with van der Waals surface area (Å²) in [4.78, 5) is 25.9. The van der Waals surface area contributed by atoms with E-state index < -0.39 is 35.6 Å². The van der Waals surface area contributed by atoms with Gasteiger partial charge in [0.15, 0.2) is 0 Å². The molecule has 1 aromatic carbocycles. The number of hydrogen-bond donors (Lipinski definition) is 0. The van der Waals surface area contributed by atoms with E-state index in [2.05, 4.69) is 0 Å². The fourth-order valence-electron chi connectivity index (χ4n) is 3.56. The van der Waals surface area contributed by atoms with E-state index in [1.54, 1.807) is 38.2 Å². The minimum atomic E-state index is -2.75. The molecule has 1 aliphatic heterocycles. The minimum Gasteiger partial charge on any atom is -0.466 e. The van der Waals surface area contributed by atoms with E-state index in [0.29, 0.717) is 11.3 Å². The number of anilines is 1. The van der Waals surface area contributed by atoms with Crippen LogP contribution in [0.2, 0.25) is 0 Å². The fraction of sp³-hybridized carbons (Fsp3) is 0.467. The summed E-state index contributed by atoms with van der Waals surface area (Å²) in [5.41, 5.74) is -0.369. The summed E-state index contributed by atoms with van der Waals surface area (Å²) in [7, 11) is 1.54. The molecule has 0 N–H and O–H groups in total. The zero-order valence-corrected chi connectivity index (χ0v) is 11.7. The number of ether oxygens (including phenoxy) is 1. The normalized spacial score (nSPS) is 30.0. The van der Waals surface area contributed by atoms with Crippen molar-refractivity contribution in [2.45, 2.75) is 18.8 Å². The van der Waals surface area contributed by atoms with E-state index in [4.69, 9.17) is 4.74 Å². The Balaban J connectivity index is 2.11. The lowest BCUT2D eigenvalue weighted by Crippen LogP contribution is -2.32. The van der Waals surface area contributed by atoms with Crippen molar-refractivity contribution in [2.24, 2.45) is 11.8 Å². The number of rotatable bonds is 3. The van der Waals surface area contributed by atoms with Crippen molar-refractivity contribution in [3.05, 3.63) is 29.8 Å². The number of amides is 1. The van der Waals surface area contributed by atoms with Crippen LogP contribution in [0.25, 0.3) is 0 Å². The maximum atomic E-state index is 13.4. The van der Waals surface area contributed by atoms with Gasteiger partial charge in [0.2, 0.25) is 12.3 Å². The van der Waals surface area contributed by atoms with Crippen LogP contribution >= 0.6 is 0 Å². The molecule has 0 unspecified atom stereocenters. The number of alkyl halides is 2. The Morgan fingerprint density at radius 1 is 1.43 bits per heavy atom. The highest BCUT2D eigenvalue weighted by Crippen LogP contribution is 2.68. The largest absolute Gasteiger partial charge is 0.466 e. The minimum absolute atomic E-state index is 0.104. The third-order valence-corrected chi connectivity index (χ3v) is 4.45. The van der Waals surface area contributed by atoms with Gasteiger partial charge in [0.05, 0.1) is 23.9 Å². The molecule has 0 saturated heterocycles. The second-order valence-corrected chi connectivity index (χ2v) is 5.34. The highest BCUT2D eigenvalue weighted by molar-refractivity contribution is 6.14. The standard InChI is InChI=1S/C15H15F2NO3/c1-3-21-13(19)11-10(12(16)17)15(11)8-6-4-5-7-9(8)18(2)14(15)20/h4-7,10-12H,3H2,1-2H3/t10-,11-,15+/m1/s1. The van der Waals surface area contributed by atoms with Crippen LogP contribution in [0.15, 0.2) is 24.3 Å². The molecule has 1 fully saturated rings. The van der Waals surface area contributed by atoms with E-state index >= 15 is 0 Å². The Labute approximate surface area is 120 Å². The smallest absolute Gasteiger partial charge is 0.310 e. The molecule has 1 amide bonds. The van der Waals surface area contributed by atoms with Gasteiger partial charge in [-0.15, -0.1) is 0 Å². The zero-order chi connectivity index (χ0) is 15.4. The molecule has 1 heterocycles. The Kier molecular flexibility index (Phi) is 3.00. The number of likely N-dealkylation sites (N-methyl/N-ethyl adjacent to an activating group) is 1. The van der Waals surface area contributed by atoms with E-state index in [9.17, 15) is 18.4 Å². The van der Waals surface area contributed by atoms with Gasteiger partial charge in [-0.05, 0) is 18.6 Å². The first kappa shape index (κ1) is 14.0. The molecular formula is C15H15F2NO3. The predicted molar refractivity (Wildman–Crippen MR) is 71.1 cm³/mol. The van der Waals surface area contributed by atoms with Crippen molar-refractivity contribution >= 4 is 17.6 Å². The highest BCUT2D eigenvalue weighted by atomic mass is 19.3. The van der Waals surface area contributed by atoms with E-state index in [0.717, 1.165) is 0 Å². The first-order chi connectivity index (χ1) is 9.97. The number of benzene rings is 1. The van der Waals surface area contributed by atoms with Crippen LogP contribution in [0.1, 0.15) is 12.5 Å². The molecule has 0 bridgehead atoms. The van der Waals surface area contributed by atoms with Crippen LogP contribution < -0.4 is 4.90 Å². The van der Waals surface area contributed by atoms with E-state index in [1.165, 1.54) is 4.90 Å². The lowest BCUT2D eigenvalue weighted by Gasteiger charge is -2.11. The fourth-order valence-corrected chi connectivity index (χ4v) is 3.56. The van der Waals surface area contributed by atoms with Crippen LogP contribution in [0.4, 0.5) is 14.5 Å². The van der Waals surface area contributed by atoms with Gasteiger partial charge in [0.1, 0.15) is 0 Å². The van der Waals surface area contributed by atoms with Crippen LogP contribution in [-0.4, -0.2) is 32.0 Å². The molecular weight excluding hydrogens is 280 g/mol. The van der Waals surface area contributed by atoms with Gasteiger partial charge in [0.25, 0.3) is 0 Å². The van der Waals surface area contributed by atoms with Crippen molar-refractivity contribution in [3.8, 4) is 0 Å². The zero-order valence-electron chi connectivity index (χ0n) is 11.7. The van der Waals surface area contributed by atoms with Crippen LogP contribution in [0.3, 0.4) is 0 Å². The van der Waals surface area contributed by atoms with Crippen LogP contribution in [0.5, 0.6) is 0 Å². The van der Waals surface area contributed by atoms with Crippen LogP contribution in [0, 0.1) is 11.8 Å². The first-order valence-electron chi connectivity index (χ1n) is 6.80. The topological polar surface area (TPSA) is 46.6 Å². The number of carbonyl (C=O) groups is 2. The lowest BCUT2D eigenvalue weighted by atomic mass is 9.93. The summed E-state index contributed by atoms with van der Waals surface area (Å²) in [6.45, 7) is 1.72. The number of esters is 1. The molecule has 3 atom stereocenters. The van der Waals surface area contributed by atoms with Gasteiger partial charge in [-0.1, -0.05) is 18.2 Å². The summed E-state index contributed by atoms with van der Waals surface area (Å²) >= 11 is 0. The molecule has 112 valence electrons. The number of nitrogens with zero attached hydrogens (tertiary/aromatic N) is 1. The van der Waals surface area contributed by atoms with Gasteiger partial charge >= 0.3 is 5.97 Å².